The van der Waals surface area contributed by atoms with E-state index in [1.165, 1.54) is 14.0 Å². The van der Waals surface area contributed by atoms with Crippen LogP contribution in [0.2, 0.25) is 5.02 Å². The highest BCUT2D eigenvalue weighted by atomic mass is 35.5. The Balaban J connectivity index is 3.52. The second kappa shape index (κ2) is 3.82. The molecule has 0 spiro atoms. The summed E-state index contributed by atoms with van der Waals surface area (Å²) in [5.41, 5.74) is -0.548. The van der Waals surface area contributed by atoms with Crippen LogP contribution >= 0.6 is 11.6 Å². The molecule has 1 rings (SSSR count). The van der Waals surface area contributed by atoms with Crippen LogP contribution in [0.5, 0.6) is 0 Å². The first-order valence-electron chi connectivity index (χ1n) is 3.90. The van der Waals surface area contributed by atoms with Crippen molar-refractivity contribution in [3.05, 3.63) is 42.8 Å². The maximum atomic E-state index is 11.3. The fourth-order valence-corrected chi connectivity index (χ4v) is 1.33. The molecule has 80 valence electrons. The summed E-state index contributed by atoms with van der Waals surface area (Å²) in [6.07, 6.45) is 1.06. The van der Waals surface area contributed by atoms with E-state index in [0.717, 1.165) is 10.8 Å². The second-order valence-electron chi connectivity index (χ2n) is 2.96. The largest absolute Gasteiger partial charge is 0.479 e. The minimum Gasteiger partial charge on any atom is -0.317 e. The summed E-state index contributed by atoms with van der Waals surface area (Å²) in [6, 6.07) is 0. The van der Waals surface area contributed by atoms with Gasteiger partial charge < -0.3 is 4.57 Å². The van der Waals surface area contributed by atoms with Crippen LogP contribution in [0.25, 0.3) is 0 Å². The summed E-state index contributed by atoms with van der Waals surface area (Å²) in [7, 11) is 1.39. The van der Waals surface area contributed by atoms with Crippen molar-refractivity contribution in [2.75, 3.05) is 0 Å². The molecular weight excluding hydrogens is 224 g/mol. The summed E-state index contributed by atoms with van der Waals surface area (Å²) in [6.45, 7) is 1.40. The Labute approximate surface area is 89.2 Å². The normalized spacial score (nSPS) is 10.1. The molecule has 0 saturated heterocycles. The Kier molecular flexibility index (Phi) is 2.90. The highest BCUT2D eigenvalue weighted by molar-refractivity contribution is 6.34. The zero-order valence-electron chi connectivity index (χ0n) is 7.98. The van der Waals surface area contributed by atoms with Gasteiger partial charge in [0.15, 0.2) is 0 Å². The van der Waals surface area contributed by atoms with Gasteiger partial charge in [-0.3, -0.25) is 14.9 Å². The van der Waals surface area contributed by atoms with Crippen molar-refractivity contribution in [2.24, 2.45) is 7.05 Å². The lowest BCUT2D eigenvalue weighted by molar-refractivity contribution is -0.375. The molecule has 6 nitrogen and oxygen atoms in total. The molecule has 1 aromatic rings. The molecule has 1 heterocycles. The Bertz CT molecular complexity index is 506. The van der Waals surface area contributed by atoms with Gasteiger partial charge in [-0.2, -0.15) is 0 Å². The number of pyridine rings is 1. The van der Waals surface area contributed by atoms with Gasteiger partial charge in [0.25, 0.3) is 5.56 Å². The monoisotopic (exact) mass is 230 g/mol. The number of hydrogen-bond donors (Lipinski definition) is 0. The van der Waals surface area contributed by atoms with Crippen LogP contribution in [0, 0.1) is 17.0 Å². The molecule has 15 heavy (non-hydrogen) atoms. The van der Waals surface area contributed by atoms with E-state index in [0.29, 0.717) is 0 Å². The zero-order chi connectivity index (χ0) is 11.7. The smallest absolute Gasteiger partial charge is 0.317 e. The lowest BCUT2D eigenvalue weighted by Gasteiger charge is -2.04. The van der Waals surface area contributed by atoms with E-state index in [1.54, 1.807) is 0 Å². The number of carbonyl (C=O) groups is 1. The fourth-order valence-electron chi connectivity index (χ4n) is 1.12. The summed E-state index contributed by atoms with van der Waals surface area (Å²) >= 11 is 5.67. The summed E-state index contributed by atoms with van der Waals surface area (Å²) in [5, 5.41) is 10.1. The SMILES string of the molecule is Cc1c(Cl)c(C(=O)[N+](=O)[O-])cn(C)c1=O. The third-order valence-corrected chi connectivity index (χ3v) is 2.41. The molecule has 0 aliphatic rings. The van der Waals surface area contributed by atoms with Gasteiger partial charge in [-0.15, -0.1) is 0 Å². The van der Waals surface area contributed by atoms with E-state index >= 15 is 0 Å². The van der Waals surface area contributed by atoms with Crippen LogP contribution in [0.4, 0.5) is 0 Å². The number of halogens is 1. The molecule has 0 saturated carbocycles. The first kappa shape index (κ1) is 11.4. The third kappa shape index (κ3) is 1.89. The van der Waals surface area contributed by atoms with E-state index in [-0.39, 0.29) is 21.7 Å². The topological polar surface area (TPSA) is 82.2 Å². The van der Waals surface area contributed by atoms with E-state index in [4.69, 9.17) is 11.6 Å². The first-order chi connectivity index (χ1) is 6.86. The summed E-state index contributed by atoms with van der Waals surface area (Å²) in [5.74, 6) is -1.32. The lowest BCUT2D eigenvalue weighted by atomic mass is 10.2. The predicted octanol–water partition coefficient (Wildman–Crippen LogP) is 0.764. The van der Waals surface area contributed by atoms with Crippen LogP contribution in [0.15, 0.2) is 11.0 Å². The lowest BCUT2D eigenvalue weighted by Crippen LogP contribution is -2.23. The number of nitrogens with zero attached hydrogens (tertiary/aromatic N) is 2. The minimum atomic E-state index is -1.32. The van der Waals surface area contributed by atoms with Crippen molar-refractivity contribution < 1.29 is 9.72 Å². The average molecular weight is 231 g/mol. The highest BCUT2D eigenvalue weighted by Crippen LogP contribution is 2.17. The van der Waals surface area contributed by atoms with Crippen LogP contribution in [0.1, 0.15) is 15.9 Å². The van der Waals surface area contributed by atoms with Crippen molar-refractivity contribution >= 4 is 17.5 Å². The van der Waals surface area contributed by atoms with Gasteiger partial charge in [-0.25, -0.2) is 4.79 Å². The van der Waals surface area contributed by atoms with Crippen molar-refractivity contribution in [1.82, 2.24) is 4.57 Å². The molecular formula is C8H7ClN2O4. The van der Waals surface area contributed by atoms with Crippen LogP contribution < -0.4 is 5.56 Å². The molecule has 0 N–H and O–H groups in total. The maximum Gasteiger partial charge on any atom is 0.479 e. The first-order valence-corrected chi connectivity index (χ1v) is 4.28. The number of nitro groups is 1. The highest BCUT2D eigenvalue weighted by Gasteiger charge is 2.24. The quantitative estimate of drug-likeness (QED) is 0.527. The predicted molar refractivity (Wildman–Crippen MR) is 52.8 cm³/mol. The number of amides is 1. The van der Waals surface area contributed by atoms with Gasteiger partial charge >= 0.3 is 5.91 Å². The van der Waals surface area contributed by atoms with Crippen LogP contribution in [-0.4, -0.2) is 15.4 Å². The molecule has 1 aromatic heterocycles. The molecule has 0 aliphatic heterocycles. The molecule has 0 fully saturated rings. The fraction of sp³-hybridized carbons (Fsp3) is 0.250. The van der Waals surface area contributed by atoms with Gasteiger partial charge in [-0.05, 0) is 6.92 Å². The van der Waals surface area contributed by atoms with Gasteiger partial charge in [0.05, 0.1) is 5.02 Å². The van der Waals surface area contributed by atoms with Crippen LogP contribution in [-0.2, 0) is 7.05 Å². The van der Waals surface area contributed by atoms with E-state index in [1.807, 2.05) is 0 Å². The van der Waals surface area contributed by atoms with E-state index < -0.39 is 10.8 Å². The maximum absolute atomic E-state index is 11.3. The molecule has 0 unspecified atom stereocenters. The number of carbonyl (C=O) groups excluding carboxylic acids is 1. The Morgan fingerprint density at radius 3 is 2.60 bits per heavy atom. The molecule has 0 aromatic carbocycles. The molecule has 0 atom stereocenters. The number of rotatable bonds is 1. The average Bonchev–Trinajstić information content (AvgIpc) is 2.19. The van der Waals surface area contributed by atoms with Crippen molar-refractivity contribution in [2.45, 2.75) is 6.92 Å². The summed E-state index contributed by atoms with van der Waals surface area (Å²) < 4.78 is 1.08. The molecule has 0 radical (unpaired) electrons. The molecule has 1 amide bonds. The van der Waals surface area contributed by atoms with E-state index in [9.17, 15) is 19.7 Å². The van der Waals surface area contributed by atoms with Gasteiger partial charge in [0.2, 0.25) is 0 Å². The van der Waals surface area contributed by atoms with E-state index in [2.05, 4.69) is 0 Å². The van der Waals surface area contributed by atoms with Crippen LogP contribution in [0.3, 0.4) is 0 Å². The van der Waals surface area contributed by atoms with Gasteiger partial charge in [0, 0.05) is 18.8 Å². The third-order valence-electron chi connectivity index (χ3n) is 1.93. The molecule has 7 heteroatoms. The minimum absolute atomic E-state index is 0.117. The zero-order valence-corrected chi connectivity index (χ0v) is 8.74. The van der Waals surface area contributed by atoms with Gasteiger partial charge in [0.1, 0.15) is 10.5 Å². The van der Waals surface area contributed by atoms with Gasteiger partial charge in [-0.1, -0.05) is 11.6 Å². The molecule has 0 aliphatic carbocycles. The Hall–Kier alpha value is -1.69. The Morgan fingerprint density at radius 1 is 1.60 bits per heavy atom. The molecule has 0 bridgehead atoms. The number of hydrogen-bond acceptors (Lipinski definition) is 4. The van der Waals surface area contributed by atoms with Crippen molar-refractivity contribution in [3.63, 3.8) is 0 Å². The number of aromatic nitrogens is 1. The van der Waals surface area contributed by atoms with Crippen molar-refractivity contribution in [3.8, 4) is 0 Å². The summed E-state index contributed by atoms with van der Waals surface area (Å²) in [4.78, 5) is 31.6. The second-order valence-corrected chi connectivity index (χ2v) is 3.34. The van der Waals surface area contributed by atoms with Crippen molar-refractivity contribution in [1.29, 1.82) is 0 Å². The standard InChI is InChI=1S/C8H7ClN2O4/c1-4-6(9)5(8(13)11(14)15)3-10(2)7(4)12/h3H,1-2H3. The Morgan fingerprint density at radius 2 is 2.13 bits per heavy atom. The number of aryl methyl sites for hydroxylation is 1.